The largest absolute Gasteiger partial charge is 0.508 e. The zero-order valence-corrected chi connectivity index (χ0v) is 7.74. The third-order valence-corrected chi connectivity index (χ3v) is 1.81. The molecule has 0 heterocycles. The highest BCUT2D eigenvalue weighted by molar-refractivity contribution is 5.97. The molecule has 1 N–H and O–H groups in total. The summed E-state index contributed by atoms with van der Waals surface area (Å²) in [6.45, 7) is 3.28. The smallest absolute Gasteiger partial charge is 0.155 e. The molecule has 1 rings (SSSR count). The Morgan fingerprint density at radius 2 is 2.08 bits per heavy atom. The summed E-state index contributed by atoms with van der Waals surface area (Å²) in [6, 6.07) is 6.80. The van der Waals surface area contributed by atoms with Gasteiger partial charge in [-0.15, -0.1) is 0 Å². The number of aromatic hydroxyl groups is 1. The minimum atomic E-state index is 0.0448. The van der Waals surface area contributed by atoms with Crippen LogP contribution in [0.1, 0.15) is 19.4 Å². The summed E-state index contributed by atoms with van der Waals surface area (Å²) in [5.41, 5.74) is 1.53. The Morgan fingerprint density at radius 1 is 1.38 bits per heavy atom. The van der Waals surface area contributed by atoms with E-state index in [1.54, 1.807) is 31.2 Å². The molecule has 68 valence electrons. The Labute approximate surface area is 77.5 Å². The van der Waals surface area contributed by atoms with Gasteiger partial charge in [0.15, 0.2) is 5.78 Å². The summed E-state index contributed by atoms with van der Waals surface area (Å²) in [5.74, 6) is 0.258. The Morgan fingerprint density at radius 3 is 2.62 bits per heavy atom. The minimum absolute atomic E-state index is 0.0448. The third-order valence-electron chi connectivity index (χ3n) is 1.81. The molecule has 2 heteroatoms. The molecule has 0 aliphatic rings. The molecular formula is C11H12O2. The number of phenolic OH excluding ortho intramolecular Hbond substituents is 1. The van der Waals surface area contributed by atoms with Gasteiger partial charge in [0.1, 0.15) is 5.75 Å². The molecule has 0 saturated carbocycles. The van der Waals surface area contributed by atoms with Gasteiger partial charge in [0, 0.05) is 0 Å². The van der Waals surface area contributed by atoms with Gasteiger partial charge in [-0.05, 0) is 43.2 Å². The molecule has 0 aromatic heterocycles. The van der Waals surface area contributed by atoms with Gasteiger partial charge < -0.3 is 5.11 Å². The zero-order chi connectivity index (χ0) is 9.84. The second kappa shape index (κ2) is 3.90. The molecule has 0 aliphatic carbocycles. The molecule has 0 aliphatic heterocycles. The SMILES string of the molecule is CC(=O)/C(C)=C/c1cccc(O)c1. The van der Waals surface area contributed by atoms with Crippen LogP contribution in [0.4, 0.5) is 0 Å². The van der Waals surface area contributed by atoms with Crippen molar-refractivity contribution in [2.75, 3.05) is 0 Å². The van der Waals surface area contributed by atoms with E-state index in [9.17, 15) is 4.79 Å². The highest BCUT2D eigenvalue weighted by Crippen LogP contribution is 2.13. The maximum absolute atomic E-state index is 10.9. The lowest BCUT2D eigenvalue weighted by molar-refractivity contribution is -0.113. The van der Waals surface area contributed by atoms with E-state index in [1.807, 2.05) is 6.07 Å². The Hall–Kier alpha value is -1.57. The first-order valence-electron chi connectivity index (χ1n) is 4.08. The lowest BCUT2D eigenvalue weighted by atomic mass is 10.1. The number of benzene rings is 1. The maximum Gasteiger partial charge on any atom is 0.155 e. The molecule has 0 radical (unpaired) electrons. The molecule has 0 unspecified atom stereocenters. The molecule has 0 bridgehead atoms. The number of carbonyl (C=O) groups excluding carboxylic acids is 1. The van der Waals surface area contributed by atoms with Crippen molar-refractivity contribution >= 4 is 11.9 Å². The van der Waals surface area contributed by atoms with Crippen LogP contribution >= 0.6 is 0 Å². The van der Waals surface area contributed by atoms with Crippen molar-refractivity contribution < 1.29 is 9.90 Å². The van der Waals surface area contributed by atoms with Crippen LogP contribution in [0, 0.1) is 0 Å². The molecule has 0 amide bonds. The van der Waals surface area contributed by atoms with Crippen LogP contribution in [0.2, 0.25) is 0 Å². The Balaban J connectivity index is 2.97. The van der Waals surface area contributed by atoms with E-state index < -0.39 is 0 Å². The summed E-state index contributed by atoms with van der Waals surface area (Å²) in [5, 5.41) is 9.15. The molecule has 2 nitrogen and oxygen atoms in total. The van der Waals surface area contributed by atoms with Crippen LogP contribution in [0.5, 0.6) is 5.75 Å². The van der Waals surface area contributed by atoms with Gasteiger partial charge in [0.2, 0.25) is 0 Å². The molecular weight excluding hydrogens is 164 g/mol. The molecule has 1 aromatic rings. The van der Waals surface area contributed by atoms with Crippen molar-refractivity contribution in [2.45, 2.75) is 13.8 Å². The number of hydrogen-bond donors (Lipinski definition) is 1. The predicted octanol–water partition coefficient (Wildman–Crippen LogP) is 2.38. The fourth-order valence-corrected chi connectivity index (χ4v) is 0.966. The number of Topliss-reactive ketones (excluding diaryl/α,β-unsaturated/α-hetero) is 1. The number of carbonyl (C=O) groups is 1. The highest BCUT2D eigenvalue weighted by atomic mass is 16.3. The van der Waals surface area contributed by atoms with Gasteiger partial charge in [-0.25, -0.2) is 0 Å². The predicted molar refractivity (Wildman–Crippen MR) is 52.4 cm³/mol. The molecule has 1 aromatic carbocycles. The van der Waals surface area contributed by atoms with E-state index in [4.69, 9.17) is 5.11 Å². The summed E-state index contributed by atoms with van der Waals surface area (Å²) in [4.78, 5) is 10.9. The molecule has 13 heavy (non-hydrogen) atoms. The summed E-state index contributed by atoms with van der Waals surface area (Å²) < 4.78 is 0. The fourth-order valence-electron chi connectivity index (χ4n) is 0.966. The van der Waals surface area contributed by atoms with Crippen molar-refractivity contribution in [1.82, 2.24) is 0 Å². The minimum Gasteiger partial charge on any atom is -0.508 e. The average Bonchev–Trinajstić information content (AvgIpc) is 2.04. The summed E-state index contributed by atoms with van der Waals surface area (Å²) >= 11 is 0. The van der Waals surface area contributed by atoms with Crippen LogP contribution in [-0.4, -0.2) is 10.9 Å². The normalized spacial score (nSPS) is 11.4. The molecule has 0 spiro atoms. The maximum atomic E-state index is 10.9. The number of ketones is 1. The first kappa shape index (κ1) is 9.52. The van der Waals surface area contributed by atoms with Crippen molar-refractivity contribution in [3.63, 3.8) is 0 Å². The lowest BCUT2D eigenvalue weighted by Gasteiger charge is -1.97. The van der Waals surface area contributed by atoms with Crippen LogP contribution < -0.4 is 0 Å². The highest BCUT2D eigenvalue weighted by Gasteiger charge is 1.96. The first-order valence-corrected chi connectivity index (χ1v) is 4.08. The van der Waals surface area contributed by atoms with Crippen molar-refractivity contribution in [3.8, 4) is 5.75 Å². The van der Waals surface area contributed by atoms with E-state index in [0.717, 1.165) is 5.56 Å². The van der Waals surface area contributed by atoms with E-state index in [2.05, 4.69) is 0 Å². The van der Waals surface area contributed by atoms with Crippen LogP contribution in [0.3, 0.4) is 0 Å². The van der Waals surface area contributed by atoms with Gasteiger partial charge >= 0.3 is 0 Å². The van der Waals surface area contributed by atoms with E-state index in [1.165, 1.54) is 6.92 Å². The molecule has 0 fully saturated rings. The van der Waals surface area contributed by atoms with E-state index in [0.29, 0.717) is 5.57 Å². The topological polar surface area (TPSA) is 37.3 Å². The van der Waals surface area contributed by atoms with E-state index in [-0.39, 0.29) is 11.5 Å². The van der Waals surface area contributed by atoms with Crippen LogP contribution in [0.25, 0.3) is 6.08 Å². The average molecular weight is 176 g/mol. The van der Waals surface area contributed by atoms with Crippen molar-refractivity contribution in [1.29, 1.82) is 0 Å². The van der Waals surface area contributed by atoms with Gasteiger partial charge in [0.05, 0.1) is 0 Å². The molecule has 0 atom stereocenters. The van der Waals surface area contributed by atoms with Gasteiger partial charge in [-0.3, -0.25) is 4.79 Å². The number of allylic oxidation sites excluding steroid dienone is 1. The fraction of sp³-hybridized carbons (Fsp3) is 0.182. The van der Waals surface area contributed by atoms with Gasteiger partial charge in [0.25, 0.3) is 0 Å². The van der Waals surface area contributed by atoms with Gasteiger partial charge in [-0.2, -0.15) is 0 Å². The standard InChI is InChI=1S/C11H12O2/c1-8(9(2)12)6-10-4-3-5-11(13)7-10/h3-7,13H,1-2H3/b8-6+. The van der Waals surface area contributed by atoms with Crippen LogP contribution in [0.15, 0.2) is 29.8 Å². The lowest BCUT2D eigenvalue weighted by Crippen LogP contribution is -1.90. The third kappa shape index (κ3) is 2.75. The Kier molecular flexibility index (Phi) is 2.85. The number of rotatable bonds is 2. The van der Waals surface area contributed by atoms with E-state index >= 15 is 0 Å². The first-order chi connectivity index (χ1) is 6.09. The summed E-state index contributed by atoms with van der Waals surface area (Å²) in [6.07, 6.45) is 1.75. The number of phenols is 1. The summed E-state index contributed by atoms with van der Waals surface area (Å²) in [7, 11) is 0. The van der Waals surface area contributed by atoms with Crippen molar-refractivity contribution in [2.24, 2.45) is 0 Å². The van der Waals surface area contributed by atoms with Crippen molar-refractivity contribution in [3.05, 3.63) is 35.4 Å². The Bertz CT molecular complexity index is 351. The quantitative estimate of drug-likeness (QED) is 0.702. The van der Waals surface area contributed by atoms with Gasteiger partial charge in [-0.1, -0.05) is 12.1 Å². The second-order valence-electron chi connectivity index (χ2n) is 2.98. The monoisotopic (exact) mass is 176 g/mol. The van der Waals surface area contributed by atoms with Crippen LogP contribution in [-0.2, 0) is 4.79 Å². The molecule has 0 saturated heterocycles. The number of hydrogen-bond acceptors (Lipinski definition) is 2. The second-order valence-corrected chi connectivity index (χ2v) is 2.98. The zero-order valence-electron chi connectivity index (χ0n) is 7.74.